The lowest BCUT2D eigenvalue weighted by atomic mass is 10.2. The summed E-state index contributed by atoms with van der Waals surface area (Å²) < 4.78 is 0. The number of rotatable bonds is 3. The van der Waals surface area contributed by atoms with Gasteiger partial charge in [0, 0.05) is 22.3 Å². The third kappa shape index (κ3) is 3.55. The molecule has 2 amide bonds. The molecule has 2 aromatic rings. The van der Waals surface area contributed by atoms with Gasteiger partial charge < -0.3 is 10.2 Å². The highest BCUT2D eigenvalue weighted by Gasteiger charge is 2.35. The molecule has 1 aromatic carbocycles. The zero-order chi connectivity index (χ0) is 17.3. The van der Waals surface area contributed by atoms with Crippen LogP contribution in [0.5, 0.6) is 0 Å². The van der Waals surface area contributed by atoms with Gasteiger partial charge in [-0.3, -0.25) is 9.59 Å². The van der Waals surface area contributed by atoms with Crippen molar-refractivity contribution >= 4 is 52.0 Å². The Bertz CT molecular complexity index is 773. The Labute approximate surface area is 153 Å². The maximum Gasteiger partial charge on any atom is 0.266 e. The Kier molecular flexibility index (Phi) is 5.08. The predicted octanol–water partition coefficient (Wildman–Crippen LogP) is 4.00. The molecule has 8 heteroatoms. The highest BCUT2D eigenvalue weighted by Crippen LogP contribution is 2.26. The third-order valence-electron chi connectivity index (χ3n) is 3.89. The number of nitrogens with one attached hydrogen (secondary N) is 1. The van der Waals surface area contributed by atoms with Crippen molar-refractivity contribution in [3.8, 4) is 0 Å². The topological polar surface area (TPSA) is 62.3 Å². The number of halogens is 2. The molecule has 1 atom stereocenters. The first-order valence-corrected chi connectivity index (χ1v) is 9.07. The highest BCUT2D eigenvalue weighted by molar-refractivity contribution is 7.11. The Morgan fingerprint density at radius 3 is 2.62 bits per heavy atom. The summed E-state index contributed by atoms with van der Waals surface area (Å²) >= 11 is 13.2. The number of aryl methyl sites for hydroxylation is 1. The van der Waals surface area contributed by atoms with Crippen LogP contribution in [0.25, 0.3) is 0 Å². The van der Waals surface area contributed by atoms with E-state index in [9.17, 15) is 9.59 Å². The fourth-order valence-electron chi connectivity index (χ4n) is 2.77. The van der Waals surface area contributed by atoms with Crippen molar-refractivity contribution in [2.24, 2.45) is 0 Å². The van der Waals surface area contributed by atoms with Gasteiger partial charge in [-0.05, 0) is 38.0 Å². The summed E-state index contributed by atoms with van der Waals surface area (Å²) in [5, 5.41) is 3.68. The highest BCUT2D eigenvalue weighted by atomic mass is 35.5. The number of nitrogens with zero attached hydrogens (tertiary/aromatic N) is 2. The van der Waals surface area contributed by atoms with E-state index in [2.05, 4.69) is 10.3 Å². The van der Waals surface area contributed by atoms with Gasteiger partial charge in [-0.1, -0.05) is 23.2 Å². The monoisotopic (exact) mass is 383 g/mol. The summed E-state index contributed by atoms with van der Waals surface area (Å²) in [6.07, 6.45) is 1.42. The molecule has 0 radical (unpaired) electrons. The average molecular weight is 384 g/mol. The van der Waals surface area contributed by atoms with Crippen LogP contribution in [0, 0.1) is 6.92 Å². The van der Waals surface area contributed by atoms with Crippen molar-refractivity contribution in [3.63, 3.8) is 0 Å². The first kappa shape index (κ1) is 17.2. The number of aromatic nitrogens is 1. The predicted molar refractivity (Wildman–Crippen MR) is 96.0 cm³/mol. The zero-order valence-electron chi connectivity index (χ0n) is 12.9. The first-order chi connectivity index (χ1) is 11.5. The van der Waals surface area contributed by atoms with E-state index < -0.39 is 6.04 Å². The second-order valence-electron chi connectivity index (χ2n) is 5.57. The lowest BCUT2D eigenvalue weighted by molar-refractivity contribution is -0.119. The molecule has 0 bridgehead atoms. The van der Waals surface area contributed by atoms with Crippen molar-refractivity contribution in [1.29, 1.82) is 0 Å². The van der Waals surface area contributed by atoms with Crippen LogP contribution in [0.3, 0.4) is 0 Å². The van der Waals surface area contributed by atoms with Gasteiger partial charge in [0.25, 0.3) is 5.91 Å². The van der Waals surface area contributed by atoms with Gasteiger partial charge in [-0.2, -0.15) is 0 Å². The van der Waals surface area contributed by atoms with Crippen molar-refractivity contribution in [2.75, 3.05) is 11.9 Å². The first-order valence-electron chi connectivity index (χ1n) is 7.43. The van der Waals surface area contributed by atoms with Crippen LogP contribution in [0.15, 0.2) is 23.7 Å². The number of thiazole rings is 1. The second-order valence-corrected chi connectivity index (χ2v) is 7.30. The van der Waals surface area contributed by atoms with Crippen LogP contribution in [0.4, 0.5) is 5.69 Å². The van der Waals surface area contributed by atoms with Crippen LogP contribution < -0.4 is 5.32 Å². The number of amides is 2. The number of carbonyl (C=O) groups excluding carboxylic acids is 2. The van der Waals surface area contributed by atoms with Crippen LogP contribution in [0.2, 0.25) is 10.0 Å². The van der Waals surface area contributed by atoms with Crippen LogP contribution in [0.1, 0.15) is 28.2 Å². The molecule has 24 heavy (non-hydrogen) atoms. The number of hydrogen-bond acceptors (Lipinski definition) is 4. The van der Waals surface area contributed by atoms with Gasteiger partial charge in [0.2, 0.25) is 5.91 Å². The fourth-order valence-corrected chi connectivity index (χ4v) is 4.06. The lowest BCUT2D eigenvalue weighted by Crippen LogP contribution is -2.43. The molecule has 0 saturated carbocycles. The number of carbonyl (C=O) groups is 2. The molecule has 5 nitrogen and oxygen atoms in total. The smallest absolute Gasteiger partial charge is 0.266 e. The van der Waals surface area contributed by atoms with E-state index in [0.29, 0.717) is 39.3 Å². The van der Waals surface area contributed by atoms with Gasteiger partial charge in [0.05, 0.1) is 11.2 Å². The standard InChI is InChI=1S/C16H15Cl2N3O2S/c1-9-14(24-8-19-9)16(23)21-4-2-3-13(21)15(22)20-12-6-10(17)5-11(18)7-12/h5-8,13H,2-4H2,1H3,(H,20,22)/t13-/m0/s1. The Balaban J connectivity index is 1.76. The molecule has 1 aliphatic rings. The van der Waals surface area contributed by atoms with E-state index in [1.165, 1.54) is 11.3 Å². The molecule has 0 aliphatic carbocycles. The Hall–Kier alpha value is -1.63. The summed E-state index contributed by atoms with van der Waals surface area (Å²) in [5.74, 6) is -0.377. The molecular weight excluding hydrogens is 369 g/mol. The number of benzene rings is 1. The molecule has 2 heterocycles. The molecule has 126 valence electrons. The maximum absolute atomic E-state index is 12.7. The number of likely N-dealkylation sites (tertiary alicyclic amines) is 1. The molecule has 1 N–H and O–H groups in total. The molecule has 3 rings (SSSR count). The van der Waals surface area contributed by atoms with Crippen LogP contribution in [-0.4, -0.2) is 34.3 Å². The quantitative estimate of drug-likeness (QED) is 0.870. The maximum atomic E-state index is 12.7. The van der Waals surface area contributed by atoms with Crippen molar-refractivity contribution in [2.45, 2.75) is 25.8 Å². The molecule has 1 aromatic heterocycles. The van der Waals surface area contributed by atoms with Gasteiger partial charge in [0.15, 0.2) is 0 Å². The van der Waals surface area contributed by atoms with Crippen LogP contribution in [-0.2, 0) is 4.79 Å². The fraction of sp³-hybridized carbons (Fsp3) is 0.312. The number of hydrogen-bond donors (Lipinski definition) is 1. The SMILES string of the molecule is Cc1ncsc1C(=O)N1CCC[C@H]1C(=O)Nc1cc(Cl)cc(Cl)c1. The molecule has 1 aliphatic heterocycles. The van der Waals surface area contributed by atoms with E-state index in [1.54, 1.807) is 35.5 Å². The average Bonchev–Trinajstić information content (AvgIpc) is 3.14. The number of anilines is 1. The van der Waals surface area contributed by atoms with E-state index in [1.807, 2.05) is 0 Å². The minimum atomic E-state index is -0.503. The summed E-state index contributed by atoms with van der Waals surface area (Å²) in [6.45, 7) is 2.35. The summed E-state index contributed by atoms with van der Waals surface area (Å²) in [4.78, 5) is 31.6. The van der Waals surface area contributed by atoms with E-state index >= 15 is 0 Å². The largest absolute Gasteiger partial charge is 0.326 e. The van der Waals surface area contributed by atoms with Crippen molar-refractivity contribution in [3.05, 3.63) is 44.3 Å². The van der Waals surface area contributed by atoms with E-state index in [4.69, 9.17) is 23.2 Å². The van der Waals surface area contributed by atoms with Crippen molar-refractivity contribution in [1.82, 2.24) is 9.88 Å². The van der Waals surface area contributed by atoms with E-state index in [0.717, 1.165) is 6.42 Å². The van der Waals surface area contributed by atoms with Gasteiger partial charge in [-0.25, -0.2) is 4.98 Å². The minimum Gasteiger partial charge on any atom is -0.326 e. The van der Waals surface area contributed by atoms with Gasteiger partial charge >= 0.3 is 0 Å². The molecule has 0 unspecified atom stereocenters. The van der Waals surface area contributed by atoms with Gasteiger partial charge in [-0.15, -0.1) is 11.3 Å². The summed E-state index contributed by atoms with van der Waals surface area (Å²) in [6, 6.07) is 4.34. The summed E-state index contributed by atoms with van der Waals surface area (Å²) in [7, 11) is 0. The normalized spacial score (nSPS) is 17.1. The molecule has 1 fully saturated rings. The zero-order valence-corrected chi connectivity index (χ0v) is 15.2. The second kappa shape index (κ2) is 7.09. The molecular formula is C16H15Cl2N3O2S. The summed E-state index contributed by atoms with van der Waals surface area (Å²) in [5.41, 5.74) is 2.85. The minimum absolute atomic E-state index is 0.142. The van der Waals surface area contributed by atoms with Crippen molar-refractivity contribution < 1.29 is 9.59 Å². The Morgan fingerprint density at radius 2 is 2.00 bits per heavy atom. The third-order valence-corrected chi connectivity index (χ3v) is 5.24. The van der Waals surface area contributed by atoms with E-state index in [-0.39, 0.29) is 11.8 Å². The lowest BCUT2D eigenvalue weighted by Gasteiger charge is -2.23. The van der Waals surface area contributed by atoms with Crippen LogP contribution >= 0.6 is 34.5 Å². The Morgan fingerprint density at radius 1 is 1.29 bits per heavy atom. The molecule has 0 spiro atoms. The van der Waals surface area contributed by atoms with Gasteiger partial charge in [0.1, 0.15) is 10.9 Å². The molecule has 1 saturated heterocycles.